The van der Waals surface area contributed by atoms with Gasteiger partial charge in [-0.2, -0.15) is 0 Å². The Hall–Kier alpha value is -2.80. The van der Waals surface area contributed by atoms with Crippen LogP contribution in [0.3, 0.4) is 0 Å². The Morgan fingerprint density at radius 2 is 2.24 bits per heavy atom. The highest BCUT2D eigenvalue weighted by atomic mass is 79.9. The molecule has 2 heterocycles. The minimum Gasteiger partial charge on any atom is -0.464 e. The van der Waals surface area contributed by atoms with Crippen molar-refractivity contribution in [2.75, 3.05) is 12.4 Å². The number of rotatable bonds is 6. The van der Waals surface area contributed by atoms with E-state index in [9.17, 15) is 14.9 Å². The standard InChI is InChI=1S/C15H13BBrN5O3/c1-25-15(24)14-12(4-10(17)7-20-14)22-13(23)6-16(8-18)5-11-2-3-19-9-21-11/h2-4,7,9H,5-6H2,1H3,(H,22,23). The molecular formula is C15H13BBrN5O3. The van der Waals surface area contributed by atoms with Crippen molar-refractivity contribution >= 4 is 40.2 Å². The molecule has 8 nitrogen and oxygen atoms in total. The van der Waals surface area contributed by atoms with Crippen molar-refractivity contribution in [3.8, 4) is 5.97 Å². The molecular weight excluding hydrogens is 389 g/mol. The van der Waals surface area contributed by atoms with Crippen LogP contribution >= 0.6 is 15.9 Å². The number of carbonyl (C=O) groups is 2. The molecule has 25 heavy (non-hydrogen) atoms. The molecule has 126 valence electrons. The molecule has 0 aliphatic rings. The van der Waals surface area contributed by atoms with Crippen molar-refractivity contribution in [2.45, 2.75) is 12.6 Å². The number of hydrogen-bond acceptors (Lipinski definition) is 7. The van der Waals surface area contributed by atoms with Crippen molar-refractivity contribution in [1.29, 1.82) is 5.26 Å². The van der Waals surface area contributed by atoms with E-state index in [0.29, 0.717) is 16.5 Å². The number of esters is 1. The van der Waals surface area contributed by atoms with E-state index in [1.807, 2.05) is 0 Å². The predicted octanol–water partition coefficient (Wildman–Crippen LogP) is 1.70. The van der Waals surface area contributed by atoms with Gasteiger partial charge in [0.15, 0.2) is 5.69 Å². The maximum absolute atomic E-state index is 12.3. The number of anilines is 1. The first-order chi connectivity index (χ1) is 12.0. The van der Waals surface area contributed by atoms with Gasteiger partial charge in [0.05, 0.1) is 12.8 Å². The maximum atomic E-state index is 12.3. The molecule has 0 saturated heterocycles. The van der Waals surface area contributed by atoms with Crippen LogP contribution in [0.2, 0.25) is 6.32 Å². The van der Waals surface area contributed by atoms with Crippen LogP contribution in [0.4, 0.5) is 5.69 Å². The number of aromatic nitrogens is 3. The lowest BCUT2D eigenvalue weighted by atomic mass is 9.46. The summed E-state index contributed by atoms with van der Waals surface area (Å²) in [6.45, 7) is -0.559. The van der Waals surface area contributed by atoms with E-state index < -0.39 is 18.6 Å². The summed E-state index contributed by atoms with van der Waals surface area (Å²) in [4.78, 5) is 35.8. The first-order valence-electron chi connectivity index (χ1n) is 7.21. The van der Waals surface area contributed by atoms with E-state index in [-0.39, 0.29) is 17.7 Å². The van der Waals surface area contributed by atoms with E-state index in [1.54, 1.807) is 18.3 Å². The van der Waals surface area contributed by atoms with Crippen LogP contribution in [-0.2, 0) is 15.9 Å². The van der Waals surface area contributed by atoms with Gasteiger partial charge >= 0.3 is 5.97 Å². The maximum Gasteiger partial charge on any atom is 0.358 e. The summed E-state index contributed by atoms with van der Waals surface area (Å²) in [6.07, 6.45) is 4.67. The summed E-state index contributed by atoms with van der Waals surface area (Å²) in [5.74, 6) is 1.01. The summed E-state index contributed by atoms with van der Waals surface area (Å²) in [6, 6.07) is 3.23. The molecule has 0 aliphatic heterocycles. The fourth-order valence-corrected chi connectivity index (χ4v) is 2.40. The van der Waals surface area contributed by atoms with Crippen LogP contribution in [0.25, 0.3) is 0 Å². The summed E-state index contributed by atoms with van der Waals surface area (Å²) < 4.78 is 5.24. The molecule has 0 radical (unpaired) electrons. The number of ether oxygens (including phenoxy) is 1. The third-order valence-corrected chi connectivity index (χ3v) is 3.65. The highest BCUT2D eigenvalue weighted by molar-refractivity contribution is 9.10. The highest BCUT2D eigenvalue weighted by Crippen LogP contribution is 2.20. The van der Waals surface area contributed by atoms with Crippen molar-refractivity contribution in [3.63, 3.8) is 0 Å². The molecule has 2 rings (SSSR count). The normalized spacial score (nSPS) is 9.80. The van der Waals surface area contributed by atoms with Crippen LogP contribution in [0.15, 0.2) is 35.3 Å². The van der Waals surface area contributed by atoms with Gasteiger partial charge in [-0.25, -0.2) is 25.0 Å². The van der Waals surface area contributed by atoms with E-state index in [1.165, 1.54) is 19.6 Å². The van der Waals surface area contributed by atoms with Gasteiger partial charge in [-0.3, -0.25) is 4.79 Å². The van der Waals surface area contributed by atoms with Crippen LogP contribution in [0.5, 0.6) is 0 Å². The minimum atomic E-state index is -0.666. The number of nitrogens with zero attached hydrogens (tertiary/aromatic N) is 4. The number of amides is 1. The molecule has 1 amide bonds. The zero-order valence-electron chi connectivity index (χ0n) is 13.3. The van der Waals surface area contributed by atoms with Crippen LogP contribution in [0.1, 0.15) is 16.2 Å². The zero-order valence-corrected chi connectivity index (χ0v) is 14.9. The van der Waals surface area contributed by atoms with E-state index in [2.05, 4.69) is 46.9 Å². The Balaban J connectivity index is 2.07. The number of pyridine rings is 1. The monoisotopic (exact) mass is 401 g/mol. The molecule has 0 aliphatic carbocycles. The van der Waals surface area contributed by atoms with Gasteiger partial charge in [0, 0.05) is 34.8 Å². The average molecular weight is 402 g/mol. The first-order valence-corrected chi connectivity index (χ1v) is 8.01. The second-order valence-corrected chi connectivity index (χ2v) is 5.94. The average Bonchev–Trinajstić information content (AvgIpc) is 2.61. The molecule has 2 aromatic heterocycles. The fourth-order valence-electron chi connectivity index (χ4n) is 2.07. The van der Waals surface area contributed by atoms with Gasteiger partial charge in [0.2, 0.25) is 5.91 Å². The molecule has 0 fully saturated rings. The Morgan fingerprint density at radius 3 is 2.88 bits per heavy atom. The lowest BCUT2D eigenvalue weighted by molar-refractivity contribution is -0.114. The summed E-state index contributed by atoms with van der Waals surface area (Å²) in [7, 11) is 1.23. The molecule has 2 aromatic rings. The second-order valence-electron chi connectivity index (χ2n) is 5.02. The number of hydrogen-bond donors (Lipinski definition) is 1. The predicted molar refractivity (Wildman–Crippen MR) is 93.8 cm³/mol. The molecule has 0 atom stereocenters. The van der Waals surface area contributed by atoms with E-state index in [4.69, 9.17) is 0 Å². The molecule has 1 N–H and O–H groups in total. The van der Waals surface area contributed by atoms with Gasteiger partial charge in [-0.15, -0.1) is 0 Å². The Labute approximate surface area is 152 Å². The summed E-state index contributed by atoms with van der Waals surface area (Å²) in [5.41, 5.74) is 0.877. The Bertz CT molecular complexity index is 813. The van der Waals surface area contributed by atoms with Crippen LogP contribution in [-0.4, -0.2) is 40.7 Å². The highest BCUT2D eigenvalue weighted by Gasteiger charge is 2.22. The molecule has 0 unspecified atom stereocenters. The number of nitriles is 1. The van der Waals surface area contributed by atoms with E-state index in [0.717, 1.165) is 0 Å². The molecule has 0 bridgehead atoms. The zero-order chi connectivity index (χ0) is 18.2. The third kappa shape index (κ3) is 5.36. The fraction of sp³-hybridized carbons (Fsp3) is 0.200. The SMILES string of the molecule is COC(=O)c1ncc(Br)cc1NC(=O)CB(C#N)Cc1ccncn1. The van der Waals surface area contributed by atoms with Crippen LogP contribution < -0.4 is 5.32 Å². The molecule has 0 spiro atoms. The first kappa shape index (κ1) is 18.5. The van der Waals surface area contributed by atoms with Gasteiger partial charge in [-0.1, -0.05) is 0 Å². The van der Waals surface area contributed by atoms with Crippen molar-refractivity contribution in [2.24, 2.45) is 0 Å². The summed E-state index contributed by atoms with van der Waals surface area (Å²) >= 11 is 3.23. The van der Waals surface area contributed by atoms with Gasteiger partial charge in [0.25, 0.3) is 6.71 Å². The number of nitrogens with one attached hydrogen (secondary N) is 1. The smallest absolute Gasteiger partial charge is 0.358 e. The van der Waals surface area contributed by atoms with Crippen molar-refractivity contribution in [1.82, 2.24) is 15.0 Å². The lowest BCUT2D eigenvalue weighted by Crippen LogP contribution is -2.25. The second kappa shape index (κ2) is 8.89. The third-order valence-electron chi connectivity index (χ3n) is 3.22. The van der Waals surface area contributed by atoms with Gasteiger partial charge in [-0.05, 0) is 34.4 Å². The van der Waals surface area contributed by atoms with Crippen LogP contribution in [0, 0.1) is 11.2 Å². The Morgan fingerprint density at radius 1 is 1.44 bits per heavy atom. The topological polar surface area (TPSA) is 118 Å². The Kier molecular flexibility index (Phi) is 6.59. The number of carbonyl (C=O) groups excluding carboxylic acids is 2. The summed E-state index contributed by atoms with van der Waals surface area (Å²) in [5, 5.41) is 11.9. The number of methoxy groups -OCH3 is 1. The molecule has 0 saturated carbocycles. The largest absolute Gasteiger partial charge is 0.464 e. The lowest BCUT2D eigenvalue weighted by Gasteiger charge is -2.10. The van der Waals surface area contributed by atoms with Gasteiger partial charge in [0.1, 0.15) is 6.33 Å². The van der Waals surface area contributed by atoms with Crippen molar-refractivity contribution in [3.05, 3.63) is 46.7 Å². The van der Waals surface area contributed by atoms with E-state index >= 15 is 0 Å². The quantitative estimate of drug-likeness (QED) is 0.577. The number of halogens is 1. The molecule has 0 aromatic carbocycles. The van der Waals surface area contributed by atoms with Gasteiger partial charge < -0.3 is 10.1 Å². The van der Waals surface area contributed by atoms with Crippen molar-refractivity contribution < 1.29 is 14.3 Å². The molecule has 10 heteroatoms. The minimum absolute atomic E-state index is 0.0108.